The van der Waals surface area contributed by atoms with E-state index in [1.165, 1.54) is 12.8 Å². The highest BCUT2D eigenvalue weighted by Gasteiger charge is 2.27. The fourth-order valence-electron chi connectivity index (χ4n) is 2.64. The lowest BCUT2D eigenvalue weighted by atomic mass is 9.94. The van der Waals surface area contributed by atoms with Crippen LogP contribution >= 0.6 is 15.9 Å². The van der Waals surface area contributed by atoms with Crippen LogP contribution in [0.25, 0.3) is 0 Å². The van der Waals surface area contributed by atoms with Crippen LogP contribution in [-0.2, 0) is 0 Å². The second kappa shape index (κ2) is 6.62. The highest BCUT2D eigenvalue weighted by Crippen LogP contribution is 2.31. The Morgan fingerprint density at radius 2 is 1.95 bits per heavy atom. The first-order valence-electron chi connectivity index (χ1n) is 6.93. The molecule has 0 unspecified atom stereocenters. The molecule has 1 aromatic carbocycles. The largest absolute Gasteiger partial charge is 0.495 e. The Hall–Kier alpha value is -0.740. The number of ether oxygens (including phenoxy) is 1. The van der Waals surface area contributed by atoms with Gasteiger partial charge in [0.05, 0.1) is 18.4 Å². The van der Waals surface area contributed by atoms with Gasteiger partial charge in [0, 0.05) is 11.0 Å². The van der Waals surface area contributed by atoms with Crippen LogP contribution in [0, 0.1) is 0 Å². The van der Waals surface area contributed by atoms with E-state index >= 15 is 0 Å². The molecule has 1 saturated carbocycles. The summed E-state index contributed by atoms with van der Waals surface area (Å²) in [5.41, 5.74) is 0.346. The Kier molecular flexibility index (Phi) is 5.11. The molecule has 106 valence electrons. The number of halogens is 1. The molecular formula is C15H22BrNO2. The van der Waals surface area contributed by atoms with Crippen LogP contribution in [-0.4, -0.2) is 24.4 Å². The summed E-state index contributed by atoms with van der Waals surface area (Å²) in [5, 5.41) is 14.0. The Labute approximate surface area is 123 Å². The van der Waals surface area contributed by atoms with Gasteiger partial charge in [-0.15, -0.1) is 0 Å². The average molecular weight is 328 g/mol. The maximum atomic E-state index is 10.6. The molecule has 2 N–H and O–H groups in total. The quantitative estimate of drug-likeness (QED) is 0.822. The maximum Gasteiger partial charge on any atom is 0.142 e. The van der Waals surface area contributed by atoms with Gasteiger partial charge in [0.1, 0.15) is 5.75 Å². The smallest absolute Gasteiger partial charge is 0.142 e. The second-order valence-electron chi connectivity index (χ2n) is 5.34. The highest BCUT2D eigenvalue weighted by molar-refractivity contribution is 9.10. The minimum atomic E-state index is -0.580. The summed E-state index contributed by atoms with van der Waals surface area (Å²) in [7, 11) is 1.66. The number of methoxy groups -OCH3 is 1. The standard InChI is InChI=1S/C15H22BrNO2/c1-19-14-7-6-12(16)10-13(14)17-11-15(18)8-4-2-3-5-9-15/h6-7,10,17-18H,2-5,8-9,11H2,1H3. The molecule has 0 saturated heterocycles. The van der Waals surface area contributed by atoms with Gasteiger partial charge in [-0.05, 0) is 31.0 Å². The van der Waals surface area contributed by atoms with E-state index in [2.05, 4.69) is 21.2 Å². The Morgan fingerprint density at radius 1 is 1.26 bits per heavy atom. The maximum absolute atomic E-state index is 10.6. The third-order valence-electron chi connectivity index (χ3n) is 3.80. The van der Waals surface area contributed by atoms with Crippen LogP contribution in [0.5, 0.6) is 5.75 Å². The van der Waals surface area contributed by atoms with Gasteiger partial charge >= 0.3 is 0 Å². The molecule has 0 aliphatic heterocycles. The zero-order valence-electron chi connectivity index (χ0n) is 11.4. The van der Waals surface area contributed by atoms with Crippen LogP contribution in [0.4, 0.5) is 5.69 Å². The normalized spacial score (nSPS) is 18.7. The van der Waals surface area contributed by atoms with Crippen molar-refractivity contribution in [3.63, 3.8) is 0 Å². The molecule has 2 rings (SSSR count). The molecular weight excluding hydrogens is 306 g/mol. The molecule has 0 radical (unpaired) electrons. The fraction of sp³-hybridized carbons (Fsp3) is 0.600. The number of aliphatic hydroxyl groups is 1. The third kappa shape index (κ3) is 4.11. The molecule has 1 aromatic rings. The molecule has 0 amide bonds. The number of hydrogen-bond acceptors (Lipinski definition) is 3. The van der Waals surface area contributed by atoms with E-state index in [1.807, 2.05) is 18.2 Å². The van der Waals surface area contributed by atoms with Crippen LogP contribution in [0.15, 0.2) is 22.7 Å². The lowest BCUT2D eigenvalue weighted by molar-refractivity contribution is 0.0381. The van der Waals surface area contributed by atoms with Crippen LogP contribution < -0.4 is 10.1 Å². The molecule has 3 nitrogen and oxygen atoms in total. The number of anilines is 1. The van der Waals surface area contributed by atoms with E-state index in [9.17, 15) is 5.11 Å². The van der Waals surface area contributed by atoms with E-state index in [1.54, 1.807) is 7.11 Å². The van der Waals surface area contributed by atoms with Gasteiger partial charge < -0.3 is 15.2 Å². The van der Waals surface area contributed by atoms with Crippen LogP contribution in [0.3, 0.4) is 0 Å². The van der Waals surface area contributed by atoms with Gasteiger partial charge in [-0.1, -0.05) is 41.6 Å². The minimum absolute atomic E-state index is 0.580. The van der Waals surface area contributed by atoms with Crippen molar-refractivity contribution in [2.45, 2.75) is 44.1 Å². The van der Waals surface area contributed by atoms with Crippen molar-refractivity contribution in [3.8, 4) is 5.75 Å². The third-order valence-corrected chi connectivity index (χ3v) is 4.30. The summed E-state index contributed by atoms with van der Waals surface area (Å²) in [6.45, 7) is 0.583. The molecule has 1 fully saturated rings. The number of hydrogen-bond donors (Lipinski definition) is 2. The monoisotopic (exact) mass is 327 g/mol. The van der Waals surface area contributed by atoms with Gasteiger partial charge in [0.2, 0.25) is 0 Å². The SMILES string of the molecule is COc1ccc(Br)cc1NCC1(O)CCCCCC1. The van der Waals surface area contributed by atoms with Gasteiger partial charge in [-0.3, -0.25) is 0 Å². The lowest BCUT2D eigenvalue weighted by Gasteiger charge is -2.27. The van der Waals surface area contributed by atoms with Gasteiger partial charge in [-0.2, -0.15) is 0 Å². The molecule has 1 aliphatic carbocycles. The summed E-state index contributed by atoms with van der Waals surface area (Å²) < 4.78 is 6.34. The molecule has 0 heterocycles. The van der Waals surface area contributed by atoms with Crippen molar-refractivity contribution >= 4 is 21.6 Å². The Morgan fingerprint density at radius 3 is 2.58 bits per heavy atom. The molecule has 1 aliphatic rings. The second-order valence-corrected chi connectivity index (χ2v) is 6.25. The summed E-state index contributed by atoms with van der Waals surface area (Å²) in [6.07, 6.45) is 6.49. The first kappa shape index (κ1) is 14.7. The lowest BCUT2D eigenvalue weighted by Crippen LogP contribution is -2.36. The fourth-order valence-corrected chi connectivity index (χ4v) is 3.00. The first-order chi connectivity index (χ1) is 9.13. The number of nitrogens with one attached hydrogen (secondary N) is 1. The van der Waals surface area contributed by atoms with Crippen molar-refractivity contribution < 1.29 is 9.84 Å². The van der Waals surface area contributed by atoms with Gasteiger partial charge in [-0.25, -0.2) is 0 Å². The molecule has 0 atom stereocenters. The average Bonchev–Trinajstić information content (AvgIpc) is 2.62. The molecule has 0 bridgehead atoms. The van der Waals surface area contributed by atoms with Gasteiger partial charge in [0.15, 0.2) is 0 Å². The predicted octanol–water partition coefficient (Wildman–Crippen LogP) is 3.95. The van der Waals surface area contributed by atoms with Crippen molar-refractivity contribution in [1.82, 2.24) is 0 Å². The minimum Gasteiger partial charge on any atom is -0.495 e. The topological polar surface area (TPSA) is 41.5 Å². The molecule has 4 heteroatoms. The molecule has 19 heavy (non-hydrogen) atoms. The summed E-state index contributed by atoms with van der Waals surface area (Å²) in [6, 6.07) is 5.85. The zero-order chi connectivity index (χ0) is 13.7. The van der Waals surface area contributed by atoms with Crippen molar-refractivity contribution in [2.75, 3.05) is 19.0 Å². The van der Waals surface area contributed by atoms with E-state index in [0.29, 0.717) is 6.54 Å². The number of rotatable bonds is 4. The zero-order valence-corrected chi connectivity index (χ0v) is 13.0. The Balaban J connectivity index is 2.02. The van der Waals surface area contributed by atoms with Crippen molar-refractivity contribution in [1.29, 1.82) is 0 Å². The highest BCUT2D eigenvalue weighted by atomic mass is 79.9. The summed E-state index contributed by atoms with van der Waals surface area (Å²) >= 11 is 3.46. The van der Waals surface area contributed by atoms with Gasteiger partial charge in [0.25, 0.3) is 0 Å². The van der Waals surface area contributed by atoms with Crippen LogP contribution in [0.1, 0.15) is 38.5 Å². The van der Waals surface area contributed by atoms with Crippen molar-refractivity contribution in [2.24, 2.45) is 0 Å². The van der Waals surface area contributed by atoms with E-state index < -0.39 is 5.60 Å². The van der Waals surface area contributed by atoms with E-state index in [-0.39, 0.29) is 0 Å². The predicted molar refractivity (Wildman–Crippen MR) is 81.8 cm³/mol. The summed E-state index contributed by atoms with van der Waals surface area (Å²) in [5.74, 6) is 0.806. The number of benzene rings is 1. The van der Waals surface area contributed by atoms with E-state index in [4.69, 9.17) is 4.74 Å². The van der Waals surface area contributed by atoms with E-state index in [0.717, 1.165) is 41.6 Å². The van der Waals surface area contributed by atoms with Crippen LogP contribution in [0.2, 0.25) is 0 Å². The molecule has 0 spiro atoms. The molecule has 0 aromatic heterocycles. The summed E-state index contributed by atoms with van der Waals surface area (Å²) in [4.78, 5) is 0. The Bertz CT molecular complexity index is 415. The first-order valence-corrected chi connectivity index (χ1v) is 7.72. The van der Waals surface area contributed by atoms with Crippen molar-refractivity contribution in [3.05, 3.63) is 22.7 Å².